The van der Waals surface area contributed by atoms with Crippen LogP contribution in [0.1, 0.15) is 39.2 Å². The van der Waals surface area contributed by atoms with E-state index < -0.39 is 11.7 Å². The Morgan fingerprint density at radius 2 is 1.93 bits per heavy atom. The summed E-state index contributed by atoms with van der Waals surface area (Å²) in [7, 11) is 0. The molecule has 1 aliphatic heterocycles. The maximum absolute atomic E-state index is 11.6. The second kappa shape index (κ2) is 9.22. The second-order valence-corrected chi connectivity index (χ2v) is 8.51. The van der Waals surface area contributed by atoms with Crippen molar-refractivity contribution in [3.63, 3.8) is 0 Å². The fraction of sp³-hybridized carbons (Fsp3) is 0.364. The van der Waals surface area contributed by atoms with E-state index in [9.17, 15) is 9.59 Å². The Hall–Kier alpha value is -2.67. The molecule has 2 N–H and O–H groups in total. The lowest BCUT2D eigenvalue weighted by atomic mass is 9.94. The number of amides is 2. The van der Waals surface area contributed by atoms with E-state index in [1.54, 1.807) is 11.8 Å². The second-order valence-electron chi connectivity index (χ2n) is 7.34. The van der Waals surface area contributed by atoms with Gasteiger partial charge in [-0.25, -0.2) is 4.79 Å². The van der Waals surface area contributed by atoms with Crippen molar-refractivity contribution in [2.75, 3.05) is 23.0 Å². The third-order valence-electron chi connectivity index (χ3n) is 4.48. The number of cyclic esters (lactones) is 1. The first-order valence-corrected chi connectivity index (χ1v) is 10.6. The van der Waals surface area contributed by atoms with Crippen molar-refractivity contribution >= 4 is 35.1 Å². The lowest BCUT2D eigenvalue weighted by Crippen LogP contribution is -2.34. The number of benzene rings is 2. The Kier molecular flexibility index (Phi) is 6.69. The number of hydrogen-bond donors (Lipinski definition) is 2. The Balaban J connectivity index is 1.40. The minimum Gasteiger partial charge on any atom is -0.494 e. The number of ether oxygens (including phenoxy) is 2. The summed E-state index contributed by atoms with van der Waals surface area (Å²) in [6.45, 7) is 5.87. The van der Waals surface area contributed by atoms with Gasteiger partial charge in [-0.3, -0.25) is 10.1 Å². The number of carbonyl (C=O) groups is 2. The molecule has 3 rings (SSSR count). The molecule has 0 aromatic heterocycles. The van der Waals surface area contributed by atoms with E-state index >= 15 is 0 Å². The Bertz CT molecular complexity index is 881. The first-order chi connectivity index (χ1) is 13.8. The molecule has 1 heterocycles. The first-order valence-electron chi connectivity index (χ1n) is 9.61. The van der Waals surface area contributed by atoms with Gasteiger partial charge < -0.3 is 14.8 Å². The van der Waals surface area contributed by atoms with Gasteiger partial charge >= 0.3 is 6.09 Å². The molecular formula is C22H26N2O4S. The van der Waals surface area contributed by atoms with Crippen LogP contribution in [0.15, 0.2) is 47.4 Å². The van der Waals surface area contributed by atoms with Gasteiger partial charge in [0, 0.05) is 23.1 Å². The van der Waals surface area contributed by atoms with Crippen LogP contribution in [0.3, 0.4) is 0 Å². The smallest absolute Gasteiger partial charge is 0.412 e. The molecule has 0 saturated heterocycles. The molecule has 0 unspecified atom stereocenters. The summed E-state index contributed by atoms with van der Waals surface area (Å²) in [4.78, 5) is 23.8. The van der Waals surface area contributed by atoms with Crippen molar-refractivity contribution in [1.29, 1.82) is 0 Å². The summed E-state index contributed by atoms with van der Waals surface area (Å²) in [6.07, 6.45) is 1.55. The average Bonchev–Trinajstić information content (AvgIpc) is 2.65. The van der Waals surface area contributed by atoms with Gasteiger partial charge in [-0.2, -0.15) is 0 Å². The van der Waals surface area contributed by atoms with E-state index in [2.05, 4.69) is 10.6 Å². The van der Waals surface area contributed by atoms with Gasteiger partial charge in [0.25, 0.3) is 0 Å². The third-order valence-corrected chi connectivity index (χ3v) is 5.57. The molecule has 0 bridgehead atoms. The van der Waals surface area contributed by atoms with Crippen molar-refractivity contribution in [2.45, 2.75) is 44.1 Å². The van der Waals surface area contributed by atoms with E-state index in [0.717, 1.165) is 41.3 Å². The fourth-order valence-corrected chi connectivity index (χ4v) is 3.98. The van der Waals surface area contributed by atoms with Crippen LogP contribution in [0.4, 0.5) is 16.2 Å². The molecule has 0 fully saturated rings. The van der Waals surface area contributed by atoms with Gasteiger partial charge in [0.05, 0.1) is 12.3 Å². The Morgan fingerprint density at radius 1 is 1.17 bits per heavy atom. The summed E-state index contributed by atoms with van der Waals surface area (Å²) < 4.78 is 11.2. The van der Waals surface area contributed by atoms with Crippen molar-refractivity contribution in [3.8, 4) is 5.75 Å². The summed E-state index contributed by atoms with van der Waals surface area (Å²) in [5, 5.41) is 5.48. The van der Waals surface area contributed by atoms with E-state index in [1.807, 2.05) is 56.3 Å². The lowest BCUT2D eigenvalue weighted by molar-refractivity contribution is -0.114. The zero-order valence-electron chi connectivity index (χ0n) is 16.9. The van der Waals surface area contributed by atoms with Crippen LogP contribution in [0.25, 0.3) is 0 Å². The van der Waals surface area contributed by atoms with Crippen LogP contribution in [0.2, 0.25) is 0 Å². The summed E-state index contributed by atoms with van der Waals surface area (Å²) >= 11 is 1.79. The highest BCUT2D eigenvalue weighted by atomic mass is 32.2. The molecule has 0 saturated carbocycles. The van der Waals surface area contributed by atoms with Gasteiger partial charge in [-0.05, 0) is 74.9 Å². The van der Waals surface area contributed by atoms with Gasteiger partial charge in [0.2, 0.25) is 5.91 Å². The van der Waals surface area contributed by atoms with Gasteiger partial charge in [0.1, 0.15) is 11.4 Å². The van der Waals surface area contributed by atoms with E-state index in [0.29, 0.717) is 6.61 Å². The topological polar surface area (TPSA) is 76.7 Å². The number of unbranched alkanes of at least 4 members (excludes halogenated alkanes) is 1. The summed E-state index contributed by atoms with van der Waals surface area (Å²) in [5.41, 5.74) is 1.81. The predicted octanol–water partition coefficient (Wildman–Crippen LogP) is 5.39. The molecule has 154 valence electrons. The van der Waals surface area contributed by atoms with Crippen LogP contribution in [0.5, 0.6) is 5.75 Å². The molecule has 0 aliphatic carbocycles. The van der Waals surface area contributed by atoms with Crippen molar-refractivity contribution in [3.05, 3.63) is 48.0 Å². The number of fused-ring (bicyclic) bond motifs is 1. The number of hydrogen-bond acceptors (Lipinski definition) is 5. The highest BCUT2D eigenvalue weighted by Gasteiger charge is 2.33. The zero-order valence-corrected chi connectivity index (χ0v) is 17.7. The van der Waals surface area contributed by atoms with Gasteiger partial charge in [0.15, 0.2) is 0 Å². The highest BCUT2D eigenvalue weighted by Crippen LogP contribution is 2.37. The highest BCUT2D eigenvalue weighted by molar-refractivity contribution is 7.99. The van der Waals surface area contributed by atoms with E-state index in [4.69, 9.17) is 9.47 Å². The molecule has 7 heteroatoms. The number of thioether (sulfide) groups is 1. The summed E-state index contributed by atoms with van der Waals surface area (Å²) in [6, 6.07) is 13.5. The largest absolute Gasteiger partial charge is 0.494 e. The van der Waals surface area contributed by atoms with Crippen molar-refractivity contribution < 1.29 is 19.1 Å². The minimum atomic E-state index is -0.677. The van der Waals surface area contributed by atoms with Crippen LogP contribution < -0.4 is 15.4 Å². The van der Waals surface area contributed by atoms with Crippen molar-refractivity contribution in [1.82, 2.24) is 0 Å². The molecule has 2 aromatic rings. The van der Waals surface area contributed by atoms with E-state index in [1.165, 1.54) is 11.8 Å². The zero-order chi connectivity index (χ0) is 20.9. The Labute approximate surface area is 175 Å². The molecule has 2 amide bonds. The first kappa shape index (κ1) is 21.0. The quantitative estimate of drug-likeness (QED) is 0.447. The maximum Gasteiger partial charge on any atom is 0.412 e. The van der Waals surface area contributed by atoms with Crippen LogP contribution in [-0.4, -0.2) is 24.4 Å². The number of rotatable bonds is 8. The molecule has 1 aliphatic rings. The SMILES string of the molecule is CC(=O)Nc1ccc(SCCCCOc2ccc3c(c2)C(C)(C)OC(=O)N3)cc1. The standard InChI is InChI=1S/C22H26N2O4S/c1-15(25)23-16-6-9-18(10-7-16)29-13-5-4-12-27-17-8-11-20-19(14-17)22(2,3)28-21(26)24-20/h6-11,14H,4-5,12-13H2,1-3H3,(H,23,25)(H,24,26). The maximum atomic E-state index is 11.6. The van der Waals surface area contributed by atoms with Crippen LogP contribution in [-0.2, 0) is 15.1 Å². The third kappa shape index (κ3) is 5.90. The van der Waals surface area contributed by atoms with Gasteiger partial charge in [-0.1, -0.05) is 0 Å². The molecule has 0 radical (unpaired) electrons. The molecule has 29 heavy (non-hydrogen) atoms. The molecule has 6 nitrogen and oxygen atoms in total. The molecule has 0 atom stereocenters. The number of carbonyl (C=O) groups excluding carboxylic acids is 2. The molecular weight excluding hydrogens is 388 g/mol. The average molecular weight is 415 g/mol. The van der Waals surface area contributed by atoms with Crippen molar-refractivity contribution in [2.24, 2.45) is 0 Å². The normalized spacial score (nSPS) is 14.4. The minimum absolute atomic E-state index is 0.0647. The number of anilines is 2. The fourth-order valence-electron chi connectivity index (χ4n) is 3.06. The Morgan fingerprint density at radius 3 is 2.66 bits per heavy atom. The molecule has 2 aromatic carbocycles. The van der Waals surface area contributed by atoms with E-state index in [-0.39, 0.29) is 5.91 Å². The predicted molar refractivity (Wildman–Crippen MR) is 116 cm³/mol. The van der Waals surface area contributed by atoms with Gasteiger partial charge in [-0.15, -0.1) is 11.8 Å². The van der Waals surface area contributed by atoms with Crippen LogP contribution in [0, 0.1) is 0 Å². The monoisotopic (exact) mass is 414 g/mol. The van der Waals surface area contributed by atoms with Crippen LogP contribution >= 0.6 is 11.8 Å². The summed E-state index contributed by atoms with van der Waals surface area (Å²) in [5.74, 6) is 1.71. The molecule has 0 spiro atoms. The number of nitrogens with one attached hydrogen (secondary N) is 2. The lowest BCUT2D eigenvalue weighted by Gasteiger charge is -2.32.